The Morgan fingerprint density at radius 2 is 1.62 bits per heavy atom. The number of carbonyl (C=O) groups excluding carboxylic acids is 2. The average molecular weight is 634 g/mol. The fraction of sp³-hybridized carbons (Fsp3) is 0.167. The van der Waals surface area contributed by atoms with Crippen molar-refractivity contribution in [1.82, 2.24) is 10.2 Å². The minimum absolute atomic E-state index is 0.00589. The number of aryl methyl sites for hydroxylation is 2. The average Bonchev–Trinajstić information content (AvgIpc) is 3.65. The van der Waals surface area contributed by atoms with Crippen LogP contribution in [-0.4, -0.2) is 27.0 Å². The molecular formula is C36H31N3O4S2. The molecule has 0 radical (unpaired) electrons. The molecule has 0 spiro atoms. The van der Waals surface area contributed by atoms with Crippen molar-refractivity contribution in [2.75, 3.05) is 4.90 Å². The maximum absolute atomic E-state index is 13.6. The molecule has 1 unspecified atom stereocenters. The van der Waals surface area contributed by atoms with Crippen LogP contribution < -0.4 is 9.64 Å². The first kappa shape index (κ1) is 30.3. The summed E-state index contributed by atoms with van der Waals surface area (Å²) in [6, 6.07) is 31.8. The maximum atomic E-state index is 13.6. The lowest BCUT2D eigenvalue weighted by atomic mass is 9.94. The molecular weight excluding hydrogens is 603 g/mol. The molecule has 6 rings (SSSR count). The second kappa shape index (κ2) is 13.5. The van der Waals surface area contributed by atoms with Gasteiger partial charge in [-0.3, -0.25) is 14.5 Å². The number of ether oxygens (including phenoxy) is 1. The Morgan fingerprint density at radius 3 is 2.33 bits per heavy atom. The molecule has 1 aliphatic heterocycles. The van der Waals surface area contributed by atoms with Crippen LogP contribution in [0.3, 0.4) is 0 Å². The standard InChI is InChI=1S/C36H31N3O4S2/c1-3-24-12-14-27(15-13-24)31-30(32(40)28-16-18-29(19-17-28)43-21-26-11-7-8-23(2)20-26)33(41)34(42)39(31)35-37-38-36(45-35)44-22-25-9-5-4-6-10-25/h4-20,31,40H,3,21-22H2,1-2H3/b32-30+. The first-order chi connectivity index (χ1) is 21.9. The number of benzene rings is 4. The number of anilines is 1. The number of Topliss-reactive ketones (excluding diaryl/α,β-unsaturated/α-hetero) is 1. The van der Waals surface area contributed by atoms with Crippen LogP contribution in [-0.2, 0) is 28.4 Å². The summed E-state index contributed by atoms with van der Waals surface area (Å²) < 4.78 is 6.62. The zero-order valence-electron chi connectivity index (χ0n) is 24.8. The molecule has 0 bridgehead atoms. The van der Waals surface area contributed by atoms with E-state index >= 15 is 0 Å². The van der Waals surface area contributed by atoms with Crippen LogP contribution in [0, 0.1) is 6.92 Å². The molecule has 9 heteroatoms. The van der Waals surface area contributed by atoms with Crippen molar-refractivity contribution < 1.29 is 19.4 Å². The summed E-state index contributed by atoms with van der Waals surface area (Å²) >= 11 is 2.76. The lowest BCUT2D eigenvalue weighted by Crippen LogP contribution is -2.29. The van der Waals surface area contributed by atoms with Gasteiger partial charge in [-0.15, -0.1) is 10.2 Å². The van der Waals surface area contributed by atoms with Crippen LogP contribution in [0.15, 0.2) is 113 Å². The number of nitrogens with zero attached hydrogens (tertiary/aromatic N) is 3. The van der Waals surface area contributed by atoms with Crippen molar-refractivity contribution in [3.05, 3.63) is 142 Å². The lowest BCUT2D eigenvalue weighted by molar-refractivity contribution is -0.132. The predicted octanol–water partition coefficient (Wildman–Crippen LogP) is 7.91. The minimum Gasteiger partial charge on any atom is -0.507 e. The summed E-state index contributed by atoms with van der Waals surface area (Å²) in [4.78, 5) is 28.5. The predicted molar refractivity (Wildman–Crippen MR) is 178 cm³/mol. The number of aliphatic hydroxyl groups is 1. The molecule has 1 amide bonds. The van der Waals surface area contributed by atoms with Crippen molar-refractivity contribution in [3.8, 4) is 5.75 Å². The maximum Gasteiger partial charge on any atom is 0.301 e. The third kappa shape index (κ3) is 6.69. The highest BCUT2D eigenvalue weighted by atomic mass is 32.2. The highest BCUT2D eigenvalue weighted by Crippen LogP contribution is 2.44. The van der Waals surface area contributed by atoms with Gasteiger partial charge < -0.3 is 9.84 Å². The van der Waals surface area contributed by atoms with E-state index in [4.69, 9.17) is 4.74 Å². The minimum atomic E-state index is -0.868. The van der Waals surface area contributed by atoms with E-state index in [1.807, 2.05) is 79.7 Å². The van der Waals surface area contributed by atoms with E-state index in [9.17, 15) is 14.7 Å². The van der Waals surface area contributed by atoms with E-state index < -0.39 is 17.7 Å². The number of aromatic nitrogens is 2. The fourth-order valence-electron chi connectivity index (χ4n) is 5.19. The van der Waals surface area contributed by atoms with Gasteiger partial charge in [-0.2, -0.15) is 0 Å². The lowest BCUT2D eigenvalue weighted by Gasteiger charge is -2.22. The molecule has 1 aliphatic rings. The van der Waals surface area contributed by atoms with E-state index in [2.05, 4.69) is 23.2 Å². The van der Waals surface area contributed by atoms with E-state index in [0.29, 0.717) is 38.7 Å². The van der Waals surface area contributed by atoms with Crippen molar-refractivity contribution in [2.45, 2.75) is 43.0 Å². The molecule has 0 aliphatic carbocycles. The van der Waals surface area contributed by atoms with Crippen LogP contribution in [0.2, 0.25) is 0 Å². The molecule has 1 saturated heterocycles. The molecule has 2 heterocycles. The van der Waals surface area contributed by atoms with Gasteiger partial charge in [0.15, 0.2) is 4.34 Å². The van der Waals surface area contributed by atoms with Gasteiger partial charge >= 0.3 is 5.91 Å². The topological polar surface area (TPSA) is 92.6 Å². The Kier molecular flexibility index (Phi) is 9.09. The number of hydrogen-bond acceptors (Lipinski definition) is 8. The zero-order valence-corrected chi connectivity index (χ0v) is 26.5. The molecule has 1 aromatic heterocycles. The summed E-state index contributed by atoms with van der Waals surface area (Å²) in [5, 5.41) is 20.5. The Labute approximate surface area is 270 Å². The largest absolute Gasteiger partial charge is 0.507 e. The smallest absolute Gasteiger partial charge is 0.301 e. The molecule has 226 valence electrons. The normalized spacial score (nSPS) is 15.9. The van der Waals surface area contributed by atoms with Crippen LogP contribution in [0.4, 0.5) is 5.13 Å². The van der Waals surface area contributed by atoms with Gasteiger partial charge in [0.2, 0.25) is 5.13 Å². The summed E-state index contributed by atoms with van der Waals surface area (Å²) in [6.45, 7) is 4.50. The highest BCUT2D eigenvalue weighted by molar-refractivity contribution is 8.00. The summed E-state index contributed by atoms with van der Waals surface area (Å²) in [5.74, 6) is -0.468. The summed E-state index contributed by atoms with van der Waals surface area (Å²) in [7, 11) is 0. The van der Waals surface area contributed by atoms with Gasteiger partial charge in [0.05, 0.1) is 11.6 Å². The quantitative estimate of drug-likeness (QED) is 0.0549. The summed E-state index contributed by atoms with van der Waals surface area (Å²) in [5.41, 5.74) is 5.57. The molecule has 4 aromatic carbocycles. The molecule has 0 saturated carbocycles. The van der Waals surface area contributed by atoms with Gasteiger partial charge in [-0.1, -0.05) is 114 Å². The van der Waals surface area contributed by atoms with E-state index in [1.54, 1.807) is 24.3 Å². The monoisotopic (exact) mass is 633 g/mol. The second-order valence-corrected chi connectivity index (χ2v) is 12.9. The third-order valence-corrected chi connectivity index (χ3v) is 9.70. The van der Waals surface area contributed by atoms with Crippen molar-refractivity contribution in [1.29, 1.82) is 0 Å². The number of rotatable bonds is 10. The first-order valence-electron chi connectivity index (χ1n) is 14.6. The van der Waals surface area contributed by atoms with Crippen LogP contribution >= 0.6 is 23.1 Å². The van der Waals surface area contributed by atoms with Crippen LogP contribution in [0.25, 0.3) is 5.76 Å². The van der Waals surface area contributed by atoms with Gasteiger partial charge in [0.25, 0.3) is 5.78 Å². The Balaban J connectivity index is 1.30. The fourth-order valence-corrected chi connectivity index (χ4v) is 7.01. The Bertz CT molecular complexity index is 1850. The van der Waals surface area contributed by atoms with Gasteiger partial charge in [-0.05, 0) is 59.9 Å². The van der Waals surface area contributed by atoms with Gasteiger partial charge in [-0.25, -0.2) is 0 Å². The number of carbonyl (C=O) groups is 2. The number of aliphatic hydroxyl groups excluding tert-OH is 1. The molecule has 1 fully saturated rings. The highest BCUT2D eigenvalue weighted by Gasteiger charge is 2.48. The van der Waals surface area contributed by atoms with Crippen LogP contribution in [0.1, 0.15) is 46.3 Å². The number of hydrogen-bond donors (Lipinski definition) is 1. The third-order valence-electron chi connectivity index (χ3n) is 7.57. The summed E-state index contributed by atoms with van der Waals surface area (Å²) in [6.07, 6.45) is 0.844. The van der Waals surface area contributed by atoms with Gasteiger partial charge in [0.1, 0.15) is 18.1 Å². The molecule has 5 aromatic rings. The zero-order chi connectivity index (χ0) is 31.3. The molecule has 45 heavy (non-hydrogen) atoms. The molecule has 1 N–H and O–H groups in total. The molecule has 7 nitrogen and oxygen atoms in total. The van der Waals surface area contributed by atoms with Crippen molar-refractivity contribution in [3.63, 3.8) is 0 Å². The molecule has 1 atom stereocenters. The van der Waals surface area contributed by atoms with Crippen LogP contribution in [0.5, 0.6) is 5.75 Å². The SMILES string of the molecule is CCc1ccc(C2/C(=C(\O)c3ccc(OCc4cccc(C)c4)cc3)C(=O)C(=O)N2c2nnc(SCc3ccccc3)s2)cc1. The first-order valence-corrected chi connectivity index (χ1v) is 16.4. The number of ketones is 1. The second-order valence-electron chi connectivity index (χ2n) is 10.7. The Hall–Kier alpha value is -4.73. The van der Waals surface area contributed by atoms with E-state index in [1.165, 1.54) is 28.0 Å². The van der Waals surface area contributed by atoms with E-state index in [-0.39, 0.29) is 11.3 Å². The van der Waals surface area contributed by atoms with E-state index in [0.717, 1.165) is 28.7 Å². The van der Waals surface area contributed by atoms with Crippen molar-refractivity contribution >= 4 is 45.7 Å². The number of thioether (sulfide) groups is 1. The number of amides is 1. The Morgan fingerprint density at radius 1 is 0.889 bits per heavy atom. The van der Waals surface area contributed by atoms with Crippen molar-refractivity contribution in [2.24, 2.45) is 0 Å². The van der Waals surface area contributed by atoms with Gasteiger partial charge in [0, 0.05) is 11.3 Å².